The molecule has 3 aromatic rings. The first-order valence-corrected chi connectivity index (χ1v) is 16.4. The fourth-order valence-corrected chi connectivity index (χ4v) is 5.54. The molecule has 0 aromatic heterocycles. The summed E-state index contributed by atoms with van der Waals surface area (Å²) in [6, 6.07) is 23.1. The summed E-state index contributed by atoms with van der Waals surface area (Å²) in [5.41, 5.74) is 2.36. The molecule has 3 aromatic carbocycles. The number of carbonyl (C=O) groups is 3. The first-order valence-electron chi connectivity index (χ1n) is 16.4. The second kappa shape index (κ2) is 17.5. The number of nitrogens with zero attached hydrogens (tertiary/aromatic N) is 2. The lowest BCUT2D eigenvalue weighted by Gasteiger charge is -2.35. The predicted octanol–water partition coefficient (Wildman–Crippen LogP) is 5.83. The maximum absolute atomic E-state index is 14.3. The fraction of sp³-hybridized carbons (Fsp3) is 0.432. The molecule has 0 saturated carbocycles. The van der Waals surface area contributed by atoms with Crippen LogP contribution in [0, 0.1) is 5.92 Å². The van der Waals surface area contributed by atoms with Crippen LogP contribution in [0.2, 0.25) is 0 Å². The number of hydrogen-bond acceptors (Lipinski definition) is 6. The zero-order valence-corrected chi connectivity index (χ0v) is 27.9. The van der Waals surface area contributed by atoms with E-state index in [0.29, 0.717) is 35.8 Å². The minimum absolute atomic E-state index is 0.172. The molecule has 0 aliphatic carbocycles. The summed E-state index contributed by atoms with van der Waals surface area (Å²) in [5, 5.41) is 16.0. The normalized spacial score (nSPS) is 19.8. The maximum atomic E-state index is 14.3. The van der Waals surface area contributed by atoms with Crippen LogP contribution >= 0.6 is 0 Å². The lowest BCUT2D eigenvalue weighted by Crippen LogP contribution is -2.48. The minimum atomic E-state index is -0.515. The molecule has 0 saturated heterocycles. The number of ether oxygens (including phenoxy) is 2. The molecule has 4 amide bonds. The van der Waals surface area contributed by atoms with Gasteiger partial charge in [-0.25, -0.2) is 4.79 Å². The Morgan fingerprint density at radius 2 is 1.68 bits per heavy atom. The number of carbonyl (C=O) groups excluding carboxylic acids is 3. The molecular weight excluding hydrogens is 596 g/mol. The number of benzene rings is 3. The van der Waals surface area contributed by atoms with E-state index in [9.17, 15) is 19.5 Å². The Kier molecular flexibility index (Phi) is 13.2. The molecule has 1 heterocycles. The molecule has 252 valence electrons. The summed E-state index contributed by atoms with van der Waals surface area (Å²) in [6.45, 7) is 6.57. The third-order valence-electron chi connectivity index (χ3n) is 8.37. The van der Waals surface area contributed by atoms with Gasteiger partial charge >= 0.3 is 6.03 Å². The van der Waals surface area contributed by atoms with Crippen molar-refractivity contribution in [3.8, 4) is 5.75 Å². The SMILES string of the molecule is C[C@@H]1CCCCO[C@@H](CN(C)C(=O)Nc2ccccc2)[C@H](C)CN([C@H](C)CO)C(=O)c2cc(NC(=O)Cc3ccccc3)ccc2O1. The van der Waals surface area contributed by atoms with Crippen molar-refractivity contribution in [1.82, 2.24) is 9.80 Å². The molecule has 0 unspecified atom stereocenters. The Bertz CT molecular complexity index is 1450. The van der Waals surface area contributed by atoms with Crippen molar-refractivity contribution < 1.29 is 29.0 Å². The van der Waals surface area contributed by atoms with Gasteiger partial charge in [-0.2, -0.15) is 0 Å². The number of urea groups is 1. The maximum Gasteiger partial charge on any atom is 0.321 e. The quantitative estimate of drug-likeness (QED) is 0.284. The average molecular weight is 645 g/mol. The van der Waals surface area contributed by atoms with Crippen LogP contribution in [0.15, 0.2) is 78.9 Å². The van der Waals surface area contributed by atoms with Crippen LogP contribution in [0.5, 0.6) is 5.75 Å². The fourth-order valence-electron chi connectivity index (χ4n) is 5.54. The van der Waals surface area contributed by atoms with E-state index in [0.717, 1.165) is 24.8 Å². The van der Waals surface area contributed by atoms with Crippen molar-refractivity contribution >= 4 is 29.2 Å². The van der Waals surface area contributed by atoms with Crippen LogP contribution in [0.4, 0.5) is 16.2 Å². The Labute approximate surface area is 278 Å². The number of hydrogen-bond donors (Lipinski definition) is 3. The first-order chi connectivity index (χ1) is 22.6. The van der Waals surface area contributed by atoms with Crippen LogP contribution < -0.4 is 15.4 Å². The number of para-hydroxylation sites is 1. The van der Waals surface area contributed by atoms with Crippen molar-refractivity contribution in [3.05, 3.63) is 90.0 Å². The van der Waals surface area contributed by atoms with Gasteiger partial charge in [0.15, 0.2) is 0 Å². The molecule has 4 atom stereocenters. The van der Waals surface area contributed by atoms with Crippen LogP contribution in [0.1, 0.15) is 56.0 Å². The molecule has 0 bridgehead atoms. The summed E-state index contributed by atoms with van der Waals surface area (Å²) in [4.78, 5) is 43.5. The van der Waals surface area contributed by atoms with Gasteiger partial charge < -0.3 is 35.0 Å². The van der Waals surface area contributed by atoms with Gasteiger partial charge in [-0.15, -0.1) is 0 Å². The zero-order valence-electron chi connectivity index (χ0n) is 27.9. The molecule has 0 radical (unpaired) electrons. The van der Waals surface area contributed by atoms with E-state index in [1.807, 2.05) is 74.5 Å². The molecule has 3 N–H and O–H groups in total. The zero-order chi connectivity index (χ0) is 33.8. The predicted molar refractivity (Wildman–Crippen MR) is 184 cm³/mol. The largest absolute Gasteiger partial charge is 0.490 e. The number of aliphatic hydroxyl groups is 1. The molecule has 10 heteroatoms. The van der Waals surface area contributed by atoms with Gasteiger partial charge in [0, 0.05) is 44.0 Å². The van der Waals surface area contributed by atoms with Crippen molar-refractivity contribution in [3.63, 3.8) is 0 Å². The number of aliphatic hydroxyl groups excluding tert-OH is 1. The highest BCUT2D eigenvalue weighted by atomic mass is 16.5. The number of rotatable bonds is 8. The standard InChI is InChI=1S/C37H48N4O6/c1-26-23-41(27(2)25-42)36(44)32-22-31(38-35(43)21-29-14-7-5-8-15-29)18-19-33(32)47-28(3)13-11-12-20-46-34(26)24-40(4)37(45)39-30-16-9-6-10-17-30/h5-10,14-19,22,26-28,34,42H,11-13,20-21,23-25H2,1-4H3,(H,38,43)(H,39,45)/t26-,27-,28-,34+/m1/s1. The third-order valence-corrected chi connectivity index (χ3v) is 8.37. The van der Waals surface area contributed by atoms with E-state index in [-0.39, 0.29) is 55.5 Å². The summed E-state index contributed by atoms with van der Waals surface area (Å²) in [7, 11) is 1.72. The van der Waals surface area contributed by atoms with Crippen molar-refractivity contribution in [1.29, 1.82) is 0 Å². The summed E-state index contributed by atoms with van der Waals surface area (Å²) < 4.78 is 12.7. The second-order valence-corrected chi connectivity index (χ2v) is 12.4. The number of amides is 4. The van der Waals surface area contributed by atoms with Gasteiger partial charge in [-0.1, -0.05) is 55.5 Å². The highest BCUT2D eigenvalue weighted by molar-refractivity contribution is 6.00. The first kappa shape index (κ1) is 35.4. The third kappa shape index (κ3) is 10.6. The molecule has 0 fully saturated rings. The lowest BCUT2D eigenvalue weighted by atomic mass is 10.0. The second-order valence-electron chi connectivity index (χ2n) is 12.4. The van der Waals surface area contributed by atoms with Gasteiger partial charge in [0.2, 0.25) is 5.91 Å². The Morgan fingerprint density at radius 3 is 2.38 bits per heavy atom. The molecule has 10 nitrogen and oxygen atoms in total. The topological polar surface area (TPSA) is 120 Å². The van der Waals surface area contributed by atoms with E-state index in [1.165, 1.54) is 0 Å². The van der Waals surface area contributed by atoms with Gasteiger partial charge in [-0.05, 0) is 69.0 Å². The Hall–Kier alpha value is -4.41. The average Bonchev–Trinajstić information content (AvgIpc) is 3.06. The molecule has 47 heavy (non-hydrogen) atoms. The molecule has 1 aliphatic heterocycles. The molecule has 4 rings (SSSR count). The van der Waals surface area contributed by atoms with E-state index >= 15 is 0 Å². The number of fused-ring (bicyclic) bond motifs is 1. The van der Waals surface area contributed by atoms with Crippen LogP contribution in [0.3, 0.4) is 0 Å². The van der Waals surface area contributed by atoms with Crippen molar-refractivity contribution in [2.75, 3.05) is 44.0 Å². The van der Waals surface area contributed by atoms with Crippen molar-refractivity contribution in [2.45, 2.75) is 64.7 Å². The van der Waals surface area contributed by atoms with Gasteiger partial charge in [0.05, 0.1) is 36.8 Å². The molecular formula is C37H48N4O6. The smallest absolute Gasteiger partial charge is 0.321 e. The van der Waals surface area contributed by atoms with Gasteiger partial charge in [-0.3, -0.25) is 9.59 Å². The Balaban J connectivity index is 1.58. The van der Waals surface area contributed by atoms with Gasteiger partial charge in [0.1, 0.15) is 5.75 Å². The van der Waals surface area contributed by atoms with Crippen LogP contribution in [-0.2, 0) is 16.0 Å². The highest BCUT2D eigenvalue weighted by Crippen LogP contribution is 2.28. The number of nitrogens with one attached hydrogen (secondary N) is 2. The van der Waals surface area contributed by atoms with Crippen LogP contribution in [0.25, 0.3) is 0 Å². The Morgan fingerprint density at radius 1 is 0.979 bits per heavy atom. The van der Waals surface area contributed by atoms with E-state index < -0.39 is 6.04 Å². The van der Waals surface area contributed by atoms with Gasteiger partial charge in [0.25, 0.3) is 5.91 Å². The van der Waals surface area contributed by atoms with E-state index in [4.69, 9.17) is 9.47 Å². The summed E-state index contributed by atoms with van der Waals surface area (Å²) in [5.74, 6) is -0.299. The minimum Gasteiger partial charge on any atom is -0.490 e. The number of anilines is 2. The molecule has 0 spiro atoms. The molecule has 1 aliphatic rings. The summed E-state index contributed by atoms with van der Waals surface area (Å²) >= 11 is 0. The van der Waals surface area contributed by atoms with E-state index in [1.54, 1.807) is 42.0 Å². The van der Waals surface area contributed by atoms with E-state index in [2.05, 4.69) is 10.6 Å². The lowest BCUT2D eigenvalue weighted by molar-refractivity contribution is -0.115. The summed E-state index contributed by atoms with van der Waals surface area (Å²) in [6.07, 6.45) is 2.08. The van der Waals surface area contributed by atoms with Crippen molar-refractivity contribution in [2.24, 2.45) is 5.92 Å². The highest BCUT2D eigenvalue weighted by Gasteiger charge is 2.31. The monoisotopic (exact) mass is 644 g/mol. The number of likely N-dealkylation sites (N-methyl/N-ethyl adjacent to an activating group) is 1. The van der Waals surface area contributed by atoms with Crippen LogP contribution in [-0.4, -0.2) is 84.4 Å².